The summed E-state index contributed by atoms with van der Waals surface area (Å²) in [6, 6.07) is 14.2. The molecular formula is C26H25FN6O2. The van der Waals surface area contributed by atoms with Gasteiger partial charge in [-0.3, -0.25) is 19.0 Å². The van der Waals surface area contributed by atoms with Crippen LogP contribution >= 0.6 is 0 Å². The quantitative estimate of drug-likeness (QED) is 0.366. The molecule has 4 aromatic rings. The van der Waals surface area contributed by atoms with Crippen molar-refractivity contribution in [2.75, 3.05) is 17.3 Å². The molecule has 0 atom stereocenters. The van der Waals surface area contributed by atoms with Crippen LogP contribution < -0.4 is 10.6 Å². The molecule has 178 valence electrons. The molecule has 1 aliphatic carbocycles. The number of halogens is 1. The molecule has 35 heavy (non-hydrogen) atoms. The summed E-state index contributed by atoms with van der Waals surface area (Å²) in [7, 11) is 0. The van der Waals surface area contributed by atoms with Gasteiger partial charge in [0.2, 0.25) is 5.91 Å². The molecule has 0 aliphatic heterocycles. The van der Waals surface area contributed by atoms with Gasteiger partial charge in [-0.1, -0.05) is 6.07 Å². The monoisotopic (exact) mass is 472 g/mol. The second-order valence-electron chi connectivity index (χ2n) is 8.78. The number of hydrogen-bond donors (Lipinski definition) is 3. The molecule has 1 saturated carbocycles. The number of amides is 2. The van der Waals surface area contributed by atoms with Crippen LogP contribution in [0.25, 0.3) is 22.4 Å². The minimum absolute atomic E-state index is 0.0757. The number of H-pyrrole nitrogens is 1. The van der Waals surface area contributed by atoms with E-state index in [1.54, 1.807) is 48.8 Å². The number of hydrogen-bond acceptors (Lipinski definition) is 5. The Kier molecular flexibility index (Phi) is 6.47. The van der Waals surface area contributed by atoms with Gasteiger partial charge in [-0.25, -0.2) is 9.97 Å². The fraction of sp³-hybridized carbons (Fsp3) is 0.269. The third-order valence-electron chi connectivity index (χ3n) is 6.37. The Balaban J connectivity index is 1.25. The number of carbonyl (C=O) groups is 2. The van der Waals surface area contributed by atoms with E-state index in [-0.39, 0.29) is 30.3 Å². The molecule has 1 fully saturated rings. The van der Waals surface area contributed by atoms with Crippen molar-refractivity contribution < 1.29 is 14.0 Å². The molecule has 0 spiro atoms. The fourth-order valence-electron chi connectivity index (χ4n) is 4.33. The van der Waals surface area contributed by atoms with Crippen molar-refractivity contribution in [1.82, 2.24) is 19.9 Å². The van der Waals surface area contributed by atoms with Gasteiger partial charge in [-0.05, 0) is 68.0 Å². The molecule has 9 heteroatoms. The van der Waals surface area contributed by atoms with Crippen molar-refractivity contribution in [3.05, 3.63) is 66.6 Å². The average Bonchev–Trinajstić information content (AvgIpc) is 3.33. The zero-order valence-electron chi connectivity index (χ0n) is 19.0. The molecule has 0 radical (unpaired) electrons. The second kappa shape index (κ2) is 10.0. The molecule has 2 amide bonds. The van der Waals surface area contributed by atoms with Gasteiger partial charge in [-0.2, -0.15) is 0 Å². The van der Waals surface area contributed by atoms with Gasteiger partial charge in [0.15, 0.2) is 0 Å². The lowest BCUT2D eigenvalue weighted by Crippen LogP contribution is -2.28. The average molecular weight is 473 g/mol. The van der Waals surface area contributed by atoms with Crippen LogP contribution in [-0.4, -0.2) is 38.4 Å². The molecule has 1 aliphatic rings. The molecule has 0 bridgehead atoms. The second-order valence-corrected chi connectivity index (χ2v) is 8.78. The van der Waals surface area contributed by atoms with E-state index < -0.39 is 0 Å². The van der Waals surface area contributed by atoms with Crippen LogP contribution in [0.3, 0.4) is 0 Å². The first-order chi connectivity index (χ1) is 17.1. The third kappa shape index (κ3) is 5.18. The van der Waals surface area contributed by atoms with Crippen molar-refractivity contribution in [3.8, 4) is 11.4 Å². The van der Waals surface area contributed by atoms with Crippen LogP contribution in [0.4, 0.5) is 15.9 Å². The Hall–Kier alpha value is -4.14. The lowest BCUT2D eigenvalue weighted by Gasteiger charge is -2.25. The molecule has 3 aromatic heterocycles. The summed E-state index contributed by atoms with van der Waals surface area (Å²) in [5.41, 5.74) is 3.25. The van der Waals surface area contributed by atoms with Gasteiger partial charge in [0.1, 0.15) is 17.3 Å². The van der Waals surface area contributed by atoms with Crippen molar-refractivity contribution in [3.63, 3.8) is 0 Å². The van der Waals surface area contributed by atoms with Crippen molar-refractivity contribution >= 4 is 34.4 Å². The Labute approximate surface area is 201 Å². The molecule has 5 rings (SSSR count). The Bertz CT molecular complexity index is 1330. The number of alkyl halides is 1. The van der Waals surface area contributed by atoms with Crippen LogP contribution in [-0.2, 0) is 4.79 Å². The predicted octanol–water partition coefficient (Wildman–Crippen LogP) is 4.99. The maximum absolute atomic E-state index is 12.8. The number of carbonyl (C=O) groups excluding carboxylic acids is 2. The highest BCUT2D eigenvalue weighted by Crippen LogP contribution is 2.30. The first kappa shape index (κ1) is 22.6. The van der Waals surface area contributed by atoms with E-state index >= 15 is 0 Å². The number of rotatable bonds is 6. The summed E-state index contributed by atoms with van der Waals surface area (Å²) in [4.78, 5) is 41.2. The summed E-state index contributed by atoms with van der Waals surface area (Å²) in [6.45, 7) is -0.309. The number of aromatic nitrogens is 4. The molecule has 0 saturated heterocycles. The van der Waals surface area contributed by atoms with E-state index in [1.807, 2.05) is 12.1 Å². The third-order valence-corrected chi connectivity index (χ3v) is 6.37. The van der Waals surface area contributed by atoms with Gasteiger partial charge in [-0.15, -0.1) is 0 Å². The molecular weight excluding hydrogens is 447 g/mol. The number of benzene rings is 1. The number of pyridine rings is 2. The zero-order chi connectivity index (χ0) is 24.2. The van der Waals surface area contributed by atoms with Gasteiger partial charge in [0, 0.05) is 29.4 Å². The topological polar surface area (TPSA) is 113 Å². The van der Waals surface area contributed by atoms with Crippen LogP contribution in [0.15, 0.2) is 60.9 Å². The maximum Gasteiger partial charge on any atom is 0.274 e. The maximum atomic E-state index is 12.8. The van der Waals surface area contributed by atoms with Crippen molar-refractivity contribution in [1.29, 1.82) is 0 Å². The van der Waals surface area contributed by atoms with E-state index in [0.717, 1.165) is 23.9 Å². The summed E-state index contributed by atoms with van der Waals surface area (Å²) < 4.78 is 12.8. The lowest BCUT2D eigenvalue weighted by atomic mass is 9.82. The van der Waals surface area contributed by atoms with Crippen LogP contribution in [0, 0.1) is 11.8 Å². The number of aromatic amines is 1. The summed E-state index contributed by atoms with van der Waals surface area (Å²) in [5.74, 6) is 0.716. The minimum Gasteiger partial charge on any atom is -0.337 e. The van der Waals surface area contributed by atoms with Crippen LogP contribution in [0.5, 0.6) is 0 Å². The lowest BCUT2D eigenvalue weighted by molar-refractivity contribution is -0.121. The van der Waals surface area contributed by atoms with Crippen molar-refractivity contribution in [2.45, 2.75) is 25.7 Å². The molecule has 3 heterocycles. The van der Waals surface area contributed by atoms with E-state index in [2.05, 4.69) is 30.6 Å². The minimum atomic E-state index is -0.309. The van der Waals surface area contributed by atoms with E-state index in [0.29, 0.717) is 41.4 Å². The van der Waals surface area contributed by atoms with Gasteiger partial charge >= 0.3 is 0 Å². The van der Waals surface area contributed by atoms with E-state index in [1.165, 1.54) is 0 Å². The molecule has 8 nitrogen and oxygen atoms in total. The van der Waals surface area contributed by atoms with E-state index in [9.17, 15) is 14.0 Å². The van der Waals surface area contributed by atoms with Crippen LogP contribution in [0.2, 0.25) is 0 Å². The summed E-state index contributed by atoms with van der Waals surface area (Å²) in [6.07, 6.45) is 6.11. The van der Waals surface area contributed by atoms with Gasteiger partial charge in [0.25, 0.3) is 5.91 Å². The molecule has 3 N–H and O–H groups in total. The fourth-order valence-corrected chi connectivity index (χ4v) is 4.33. The smallest absolute Gasteiger partial charge is 0.274 e. The first-order valence-electron chi connectivity index (χ1n) is 11.6. The van der Waals surface area contributed by atoms with Gasteiger partial charge < -0.3 is 15.6 Å². The summed E-state index contributed by atoms with van der Waals surface area (Å²) >= 11 is 0. The Morgan fingerprint density at radius 3 is 2.51 bits per heavy atom. The molecule has 1 aromatic carbocycles. The Morgan fingerprint density at radius 2 is 1.80 bits per heavy atom. The highest BCUT2D eigenvalue weighted by atomic mass is 19.1. The number of nitrogens with one attached hydrogen (secondary N) is 3. The van der Waals surface area contributed by atoms with Gasteiger partial charge in [0.05, 0.1) is 23.9 Å². The number of anilines is 2. The Morgan fingerprint density at radius 1 is 1.00 bits per heavy atom. The van der Waals surface area contributed by atoms with E-state index in [4.69, 9.17) is 0 Å². The SMILES string of the molecule is O=C(Nc1ccc(-c2nc3cc(NC(=O)C4CCC(CF)CC4)ncc3[nH]2)cc1)c1ccccn1. The standard InChI is InChI=1S/C26H25FN6O2/c27-14-16-4-6-18(7-5-16)25(34)33-23-13-21-22(15-29-23)32-24(31-21)17-8-10-19(11-9-17)30-26(35)20-3-1-2-12-28-20/h1-3,8-13,15-16,18H,4-7,14H2,(H,30,35)(H,31,32)(H,29,33,34). The number of nitrogens with zero attached hydrogens (tertiary/aromatic N) is 3. The van der Waals surface area contributed by atoms with Crippen molar-refractivity contribution in [2.24, 2.45) is 11.8 Å². The normalized spacial score (nSPS) is 17.7. The summed E-state index contributed by atoms with van der Waals surface area (Å²) in [5, 5.41) is 5.70. The predicted molar refractivity (Wildman–Crippen MR) is 132 cm³/mol. The number of fused-ring (bicyclic) bond motifs is 1. The number of imidazole rings is 1. The first-order valence-corrected chi connectivity index (χ1v) is 11.6. The highest BCUT2D eigenvalue weighted by molar-refractivity contribution is 6.02. The zero-order valence-corrected chi connectivity index (χ0v) is 19.0. The van der Waals surface area contributed by atoms with Crippen LogP contribution in [0.1, 0.15) is 36.2 Å². The highest BCUT2D eigenvalue weighted by Gasteiger charge is 2.26. The largest absolute Gasteiger partial charge is 0.337 e. The molecule has 0 unspecified atom stereocenters.